The molecule has 5 nitrogen and oxygen atoms in total. The number of amides is 1. The number of aromatic nitrogens is 2. The number of H-pyrrole nitrogens is 1. The zero-order valence-electron chi connectivity index (χ0n) is 17.0. The van der Waals surface area contributed by atoms with Crippen LogP contribution in [0.4, 0.5) is 5.69 Å². The smallest absolute Gasteiger partial charge is 0.250 e. The van der Waals surface area contributed by atoms with Crippen molar-refractivity contribution < 1.29 is 4.79 Å². The largest absolute Gasteiger partial charge is 0.355 e. The summed E-state index contributed by atoms with van der Waals surface area (Å²) in [7, 11) is 1.85. The predicted molar refractivity (Wildman–Crippen MR) is 119 cm³/mol. The molecule has 0 aliphatic carbocycles. The van der Waals surface area contributed by atoms with Crippen LogP contribution in [0.3, 0.4) is 0 Å². The van der Waals surface area contributed by atoms with Crippen LogP contribution < -0.4 is 4.90 Å². The Bertz CT molecular complexity index is 1150. The number of hydrogen-bond donors (Lipinski definition) is 1. The van der Waals surface area contributed by atoms with Crippen molar-refractivity contribution in [1.82, 2.24) is 14.9 Å². The minimum absolute atomic E-state index is 0.0679. The van der Waals surface area contributed by atoms with Gasteiger partial charge in [-0.05, 0) is 35.7 Å². The third-order valence-electron chi connectivity index (χ3n) is 5.79. The van der Waals surface area contributed by atoms with Crippen molar-refractivity contribution in [3.05, 3.63) is 95.8 Å². The molecule has 30 heavy (non-hydrogen) atoms. The number of nitrogens with one attached hydrogen (secondary N) is 1. The number of nitrogens with zero attached hydrogens (tertiary/aromatic N) is 3. The summed E-state index contributed by atoms with van der Waals surface area (Å²) in [6, 6.07) is 26.0. The lowest BCUT2D eigenvalue weighted by molar-refractivity contribution is -0.132. The molecule has 150 valence electrons. The van der Waals surface area contributed by atoms with Crippen LogP contribution in [-0.4, -0.2) is 34.4 Å². The number of benzene rings is 3. The monoisotopic (exact) mass is 396 g/mol. The first kappa shape index (κ1) is 18.4. The van der Waals surface area contributed by atoms with Gasteiger partial charge in [-0.3, -0.25) is 4.79 Å². The Balaban J connectivity index is 1.46. The van der Waals surface area contributed by atoms with Crippen molar-refractivity contribution >= 4 is 22.6 Å². The second-order valence-corrected chi connectivity index (χ2v) is 7.78. The maximum absolute atomic E-state index is 13.7. The molecule has 1 amide bonds. The minimum Gasteiger partial charge on any atom is -0.355 e. The molecule has 0 fully saturated rings. The Morgan fingerprint density at radius 3 is 2.60 bits per heavy atom. The Morgan fingerprint density at radius 1 is 1.03 bits per heavy atom. The highest BCUT2D eigenvalue weighted by Crippen LogP contribution is 2.36. The molecule has 1 atom stereocenters. The van der Waals surface area contributed by atoms with Gasteiger partial charge < -0.3 is 14.8 Å². The Labute approximate surface area is 176 Å². The highest BCUT2D eigenvalue weighted by atomic mass is 16.2. The van der Waals surface area contributed by atoms with E-state index in [1.807, 2.05) is 67.7 Å². The number of anilines is 1. The standard InChI is InChI=1S/C25H24N4O/c1-28(17-23-26-20-12-6-7-13-21(20)27-23)25(30)24(19-10-3-2-4-11-19)29-16-15-18-9-5-8-14-22(18)29/h2-14,24H,15-17H2,1H3,(H,26,27). The number of rotatable bonds is 5. The summed E-state index contributed by atoms with van der Waals surface area (Å²) in [6.07, 6.45) is 0.958. The molecule has 5 rings (SSSR count). The number of imidazole rings is 1. The summed E-state index contributed by atoms with van der Waals surface area (Å²) in [5, 5.41) is 0. The first-order valence-corrected chi connectivity index (χ1v) is 10.3. The molecule has 0 bridgehead atoms. The average molecular weight is 396 g/mol. The van der Waals surface area contributed by atoms with E-state index in [1.165, 1.54) is 5.56 Å². The van der Waals surface area contributed by atoms with E-state index in [0.717, 1.165) is 41.1 Å². The third kappa shape index (κ3) is 3.32. The molecule has 0 saturated heterocycles. The molecule has 2 heterocycles. The van der Waals surface area contributed by atoms with Gasteiger partial charge in [0.25, 0.3) is 0 Å². The lowest BCUT2D eigenvalue weighted by Crippen LogP contribution is -2.41. The molecule has 3 aromatic carbocycles. The van der Waals surface area contributed by atoms with E-state index < -0.39 is 0 Å². The summed E-state index contributed by atoms with van der Waals surface area (Å²) in [5.41, 5.74) is 5.36. The highest BCUT2D eigenvalue weighted by Gasteiger charge is 2.34. The molecule has 1 aliphatic heterocycles. The number of carbonyl (C=O) groups is 1. The first-order valence-electron chi connectivity index (χ1n) is 10.3. The van der Waals surface area contributed by atoms with Crippen LogP contribution in [0.25, 0.3) is 11.0 Å². The second kappa shape index (κ2) is 7.67. The molecule has 1 aliphatic rings. The third-order valence-corrected chi connectivity index (χ3v) is 5.79. The van der Waals surface area contributed by atoms with Crippen molar-refractivity contribution in [1.29, 1.82) is 0 Å². The van der Waals surface area contributed by atoms with Gasteiger partial charge in [-0.1, -0.05) is 60.7 Å². The molecule has 0 saturated carbocycles. The van der Waals surface area contributed by atoms with Gasteiger partial charge in [-0.2, -0.15) is 0 Å². The van der Waals surface area contributed by atoms with Gasteiger partial charge in [0, 0.05) is 19.3 Å². The first-order chi connectivity index (χ1) is 14.7. The number of likely N-dealkylation sites (N-methyl/N-ethyl adjacent to an activating group) is 1. The molecule has 4 aromatic rings. The lowest BCUT2D eigenvalue weighted by atomic mass is 10.0. The molecule has 5 heteroatoms. The van der Waals surface area contributed by atoms with E-state index >= 15 is 0 Å². The quantitative estimate of drug-likeness (QED) is 0.546. The van der Waals surface area contributed by atoms with Gasteiger partial charge in [-0.15, -0.1) is 0 Å². The zero-order valence-corrected chi connectivity index (χ0v) is 17.0. The second-order valence-electron chi connectivity index (χ2n) is 7.78. The summed E-state index contributed by atoms with van der Waals surface area (Å²) in [5.74, 6) is 0.860. The van der Waals surface area contributed by atoms with Gasteiger partial charge >= 0.3 is 0 Å². The van der Waals surface area contributed by atoms with Crippen molar-refractivity contribution in [2.24, 2.45) is 0 Å². The maximum Gasteiger partial charge on any atom is 0.250 e. The van der Waals surface area contributed by atoms with Gasteiger partial charge in [-0.25, -0.2) is 4.98 Å². The van der Waals surface area contributed by atoms with E-state index in [-0.39, 0.29) is 11.9 Å². The van der Waals surface area contributed by atoms with Crippen molar-refractivity contribution in [2.75, 3.05) is 18.5 Å². The van der Waals surface area contributed by atoms with Crippen LogP contribution in [0, 0.1) is 0 Å². The van der Waals surface area contributed by atoms with Crippen LogP contribution in [0.15, 0.2) is 78.9 Å². The van der Waals surface area contributed by atoms with E-state index in [1.54, 1.807) is 4.90 Å². The fourth-order valence-corrected chi connectivity index (χ4v) is 4.31. The topological polar surface area (TPSA) is 52.2 Å². The number of para-hydroxylation sites is 3. The summed E-state index contributed by atoms with van der Waals surface area (Å²) >= 11 is 0. The average Bonchev–Trinajstić information content (AvgIpc) is 3.38. The highest BCUT2D eigenvalue weighted by molar-refractivity contribution is 5.87. The summed E-state index contributed by atoms with van der Waals surface area (Å²) < 4.78 is 0. The molecule has 0 spiro atoms. The van der Waals surface area contributed by atoms with Gasteiger partial charge in [0.05, 0.1) is 17.6 Å². The molecular formula is C25H24N4O. The molecule has 1 aromatic heterocycles. The van der Waals surface area contributed by atoms with Gasteiger partial charge in [0.15, 0.2) is 0 Å². The Hall–Kier alpha value is -3.60. The Kier molecular flexibility index (Phi) is 4.71. The van der Waals surface area contributed by atoms with E-state index in [0.29, 0.717) is 6.54 Å². The summed E-state index contributed by atoms with van der Waals surface area (Å²) in [6.45, 7) is 1.27. The Morgan fingerprint density at radius 2 is 1.77 bits per heavy atom. The van der Waals surface area contributed by atoms with E-state index in [9.17, 15) is 4.79 Å². The number of fused-ring (bicyclic) bond motifs is 2. The van der Waals surface area contributed by atoms with Crippen LogP contribution in [0.5, 0.6) is 0 Å². The SMILES string of the molecule is CN(Cc1nc2ccccc2[nH]1)C(=O)C(c1ccccc1)N1CCc2ccccc21. The van der Waals surface area contributed by atoms with Crippen molar-refractivity contribution in [2.45, 2.75) is 19.0 Å². The number of aromatic amines is 1. The normalized spacial score (nSPS) is 14.0. The number of hydrogen-bond acceptors (Lipinski definition) is 3. The molecular weight excluding hydrogens is 372 g/mol. The molecule has 1 N–H and O–H groups in total. The van der Waals surface area contributed by atoms with Crippen molar-refractivity contribution in [3.63, 3.8) is 0 Å². The summed E-state index contributed by atoms with van der Waals surface area (Å²) in [4.78, 5) is 25.7. The van der Waals surface area contributed by atoms with Crippen LogP contribution in [0.2, 0.25) is 0 Å². The lowest BCUT2D eigenvalue weighted by Gasteiger charge is -2.32. The maximum atomic E-state index is 13.7. The van der Waals surface area contributed by atoms with Gasteiger partial charge in [0.1, 0.15) is 11.9 Å². The molecule has 0 radical (unpaired) electrons. The number of carbonyl (C=O) groups excluding carboxylic acids is 1. The fraction of sp³-hybridized carbons (Fsp3) is 0.200. The zero-order chi connectivity index (χ0) is 20.5. The predicted octanol–water partition coefficient (Wildman–Crippen LogP) is 4.33. The minimum atomic E-state index is -0.357. The van der Waals surface area contributed by atoms with E-state index in [4.69, 9.17) is 0 Å². The van der Waals surface area contributed by atoms with Crippen molar-refractivity contribution in [3.8, 4) is 0 Å². The van der Waals surface area contributed by atoms with Crippen LogP contribution in [-0.2, 0) is 17.8 Å². The molecule has 1 unspecified atom stereocenters. The van der Waals surface area contributed by atoms with E-state index in [2.05, 4.69) is 33.1 Å². The van der Waals surface area contributed by atoms with Gasteiger partial charge in [0.2, 0.25) is 5.91 Å². The van der Waals surface area contributed by atoms with Crippen LogP contribution >= 0.6 is 0 Å². The van der Waals surface area contributed by atoms with Crippen LogP contribution in [0.1, 0.15) is 23.0 Å². The fourth-order valence-electron chi connectivity index (χ4n) is 4.31.